The summed E-state index contributed by atoms with van der Waals surface area (Å²) in [5.41, 5.74) is 6.23. The Bertz CT molecular complexity index is 614. The van der Waals surface area contributed by atoms with E-state index in [9.17, 15) is 14.9 Å². The van der Waals surface area contributed by atoms with E-state index in [1.54, 1.807) is 12.1 Å². The lowest BCUT2D eigenvalue weighted by Gasteiger charge is -2.26. The van der Waals surface area contributed by atoms with Gasteiger partial charge in [0.15, 0.2) is 0 Å². The molecule has 0 atom stereocenters. The number of amides is 1. The van der Waals surface area contributed by atoms with Gasteiger partial charge in [-0.25, -0.2) is 0 Å². The number of carbonyl (C=O) groups excluding carboxylic acids is 1. The zero-order chi connectivity index (χ0) is 18.4. The van der Waals surface area contributed by atoms with Crippen molar-refractivity contribution in [3.8, 4) is 0 Å². The maximum absolute atomic E-state index is 12.4. The molecule has 1 aromatic rings. The molecule has 0 heterocycles. The molecule has 1 amide bonds. The van der Waals surface area contributed by atoms with Crippen LogP contribution in [-0.2, 0) is 0 Å². The fourth-order valence-electron chi connectivity index (χ4n) is 2.86. The number of hydrogen-bond acceptors (Lipinski definition) is 5. The van der Waals surface area contributed by atoms with E-state index in [-0.39, 0.29) is 23.7 Å². The van der Waals surface area contributed by atoms with Crippen LogP contribution in [0.25, 0.3) is 0 Å². The predicted molar refractivity (Wildman–Crippen MR) is 101 cm³/mol. The molecule has 25 heavy (non-hydrogen) atoms. The van der Waals surface area contributed by atoms with Crippen molar-refractivity contribution in [2.45, 2.75) is 62.9 Å². The first-order chi connectivity index (χ1) is 11.9. The van der Waals surface area contributed by atoms with Crippen molar-refractivity contribution in [3.63, 3.8) is 0 Å². The highest BCUT2D eigenvalue weighted by atomic mass is 32.2. The van der Waals surface area contributed by atoms with Gasteiger partial charge in [-0.05, 0) is 55.9 Å². The lowest BCUT2D eigenvalue weighted by atomic mass is 9.91. The van der Waals surface area contributed by atoms with Crippen molar-refractivity contribution in [2.24, 2.45) is 11.7 Å². The van der Waals surface area contributed by atoms with Crippen LogP contribution >= 0.6 is 11.8 Å². The first-order valence-corrected chi connectivity index (χ1v) is 9.83. The summed E-state index contributed by atoms with van der Waals surface area (Å²) < 4.78 is 0. The molecule has 0 spiro atoms. The largest absolute Gasteiger partial charge is 0.349 e. The van der Waals surface area contributed by atoms with Gasteiger partial charge >= 0.3 is 0 Å². The van der Waals surface area contributed by atoms with E-state index in [1.165, 1.54) is 17.8 Å². The zero-order valence-electron chi connectivity index (χ0n) is 14.9. The number of nitro benzene ring substituents is 1. The minimum absolute atomic E-state index is 0.00655. The molecule has 1 aromatic carbocycles. The molecule has 3 N–H and O–H groups in total. The fourth-order valence-corrected chi connectivity index (χ4v) is 4.11. The third kappa shape index (κ3) is 6.01. The van der Waals surface area contributed by atoms with E-state index >= 15 is 0 Å². The number of carbonyl (C=O) groups is 1. The maximum Gasteiger partial charge on any atom is 0.283 e. The Morgan fingerprint density at radius 1 is 1.36 bits per heavy atom. The summed E-state index contributed by atoms with van der Waals surface area (Å²) in [6, 6.07) is 5.08. The first-order valence-electron chi connectivity index (χ1n) is 8.84. The maximum atomic E-state index is 12.4. The second-order valence-corrected chi connectivity index (χ2v) is 8.19. The molecule has 0 bridgehead atoms. The predicted octanol–water partition coefficient (Wildman–Crippen LogP) is 3.73. The quantitative estimate of drug-likeness (QED) is 0.436. The molecule has 0 radical (unpaired) electrons. The van der Waals surface area contributed by atoms with E-state index in [2.05, 4.69) is 19.2 Å². The zero-order valence-corrected chi connectivity index (χ0v) is 15.7. The molecule has 0 aliphatic heterocycles. The van der Waals surface area contributed by atoms with Crippen LogP contribution in [0.5, 0.6) is 0 Å². The molecule has 0 aromatic heterocycles. The van der Waals surface area contributed by atoms with Gasteiger partial charge in [-0.1, -0.05) is 13.8 Å². The number of nitrogens with one attached hydrogen (secondary N) is 1. The van der Waals surface area contributed by atoms with Crippen molar-refractivity contribution in [1.82, 2.24) is 5.32 Å². The summed E-state index contributed by atoms with van der Waals surface area (Å²) >= 11 is 1.47. The number of nitro groups is 1. The van der Waals surface area contributed by atoms with Gasteiger partial charge in [0.25, 0.3) is 11.6 Å². The molecule has 1 aliphatic rings. The monoisotopic (exact) mass is 365 g/mol. The number of hydrogen-bond donors (Lipinski definition) is 2. The highest BCUT2D eigenvalue weighted by Gasteiger charge is 2.22. The molecular formula is C18H27N3O3S. The van der Waals surface area contributed by atoms with Crippen LogP contribution in [-0.4, -0.2) is 28.7 Å². The van der Waals surface area contributed by atoms with Crippen LogP contribution in [0, 0.1) is 16.0 Å². The molecule has 1 saturated carbocycles. The van der Waals surface area contributed by atoms with Crippen molar-refractivity contribution in [1.29, 1.82) is 0 Å². The Labute approximate surface area is 153 Å². The molecule has 138 valence electrons. The fraction of sp³-hybridized carbons (Fsp3) is 0.611. The summed E-state index contributed by atoms with van der Waals surface area (Å²) in [6.45, 7) is 4.25. The minimum Gasteiger partial charge on any atom is -0.349 e. The Hall–Kier alpha value is -1.60. The van der Waals surface area contributed by atoms with Crippen LogP contribution in [0.2, 0.25) is 0 Å². The van der Waals surface area contributed by atoms with Gasteiger partial charge in [0.05, 0.1) is 9.82 Å². The second-order valence-electron chi connectivity index (χ2n) is 7.06. The molecule has 0 unspecified atom stereocenters. The van der Waals surface area contributed by atoms with Crippen LogP contribution < -0.4 is 11.1 Å². The highest BCUT2D eigenvalue weighted by Crippen LogP contribution is 2.31. The number of nitrogens with two attached hydrogens (primary N) is 1. The topological polar surface area (TPSA) is 98.3 Å². The molecular weight excluding hydrogens is 338 g/mol. The lowest BCUT2D eigenvalue weighted by molar-refractivity contribution is -0.387. The van der Waals surface area contributed by atoms with Gasteiger partial charge in [-0.3, -0.25) is 14.9 Å². The van der Waals surface area contributed by atoms with Crippen molar-refractivity contribution < 1.29 is 9.72 Å². The van der Waals surface area contributed by atoms with E-state index in [1.807, 2.05) is 0 Å². The lowest BCUT2D eigenvalue weighted by Crippen LogP contribution is -2.40. The minimum atomic E-state index is -0.409. The first kappa shape index (κ1) is 19.7. The number of nitrogens with zero attached hydrogens (tertiary/aromatic N) is 1. The normalized spacial score (nSPS) is 20.5. The van der Waals surface area contributed by atoms with E-state index in [0.717, 1.165) is 37.9 Å². The van der Waals surface area contributed by atoms with Crippen molar-refractivity contribution in [3.05, 3.63) is 33.9 Å². The Balaban J connectivity index is 2.04. The number of rotatable bonds is 7. The van der Waals surface area contributed by atoms with Crippen molar-refractivity contribution in [2.75, 3.05) is 5.75 Å². The van der Waals surface area contributed by atoms with E-state index in [0.29, 0.717) is 16.4 Å². The summed E-state index contributed by atoms with van der Waals surface area (Å²) in [5, 5.41) is 14.3. The average Bonchev–Trinajstić information content (AvgIpc) is 2.56. The van der Waals surface area contributed by atoms with E-state index < -0.39 is 4.92 Å². The summed E-state index contributed by atoms with van der Waals surface area (Å²) in [6.07, 6.45) is 4.51. The SMILES string of the molecule is CC(C)CCSc1ccc(C(=O)NC2CCC(N)CC2)cc1[N+](=O)[O-]. The number of thioether (sulfide) groups is 1. The molecule has 2 rings (SSSR count). The molecule has 6 nitrogen and oxygen atoms in total. The van der Waals surface area contributed by atoms with Gasteiger partial charge in [0.1, 0.15) is 0 Å². The van der Waals surface area contributed by atoms with Crippen LogP contribution in [0.4, 0.5) is 5.69 Å². The van der Waals surface area contributed by atoms with Gasteiger partial charge in [-0.2, -0.15) is 0 Å². The summed E-state index contributed by atoms with van der Waals surface area (Å²) in [7, 11) is 0. The van der Waals surface area contributed by atoms with Gasteiger partial charge in [0.2, 0.25) is 0 Å². The van der Waals surface area contributed by atoms with Crippen LogP contribution in [0.3, 0.4) is 0 Å². The second kappa shape index (κ2) is 9.20. The summed E-state index contributed by atoms with van der Waals surface area (Å²) in [5.74, 6) is 1.13. The summed E-state index contributed by atoms with van der Waals surface area (Å²) in [4.78, 5) is 24.0. The van der Waals surface area contributed by atoms with Crippen molar-refractivity contribution >= 4 is 23.4 Å². The standard InChI is InChI=1S/C18H27N3O3S/c1-12(2)9-10-25-17-8-3-13(11-16(17)21(23)24)18(22)20-15-6-4-14(19)5-7-15/h3,8,11-12,14-15H,4-7,9-10,19H2,1-2H3,(H,20,22). The Kier molecular flexibility index (Phi) is 7.25. The molecule has 1 aliphatic carbocycles. The van der Waals surface area contributed by atoms with Crippen LogP contribution in [0.1, 0.15) is 56.3 Å². The van der Waals surface area contributed by atoms with Gasteiger partial charge in [-0.15, -0.1) is 11.8 Å². The molecule has 1 fully saturated rings. The Morgan fingerprint density at radius 2 is 2.04 bits per heavy atom. The average molecular weight is 365 g/mol. The highest BCUT2D eigenvalue weighted by molar-refractivity contribution is 7.99. The van der Waals surface area contributed by atoms with E-state index in [4.69, 9.17) is 5.73 Å². The smallest absolute Gasteiger partial charge is 0.283 e. The van der Waals surface area contributed by atoms with Gasteiger partial charge in [0, 0.05) is 23.7 Å². The Morgan fingerprint density at radius 3 is 2.64 bits per heavy atom. The molecule has 7 heteroatoms. The third-order valence-corrected chi connectivity index (χ3v) is 5.57. The number of benzene rings is 1. The third-order valence-electron chi connectivity index (χ3n) is 4.48. The van der Waals surface area contributed by atoms with Crippen LogP contribution in [0.15, 0.2) is 23.1 Å². The molecule has 0 saturated heterocycles. The van der Waals surface area contributed by atoms with Gasteiger partial charge < -0.3 is 11.1 Å².